The van der Waals surface area contributed by atoms with Crippen LogP contribution in [0.4, 0.5) is 57.1 Å². The molecule has 0 aliphatic carbocycles. The lowest BCUT2D eigenvalue weighted by Crippen LogP contribution is -2.36. The van der Waals surface area contributed by atoms with Crippen LogP contribution in [0, 0.1) is 0 Å². The average Bonchev–Trinajstić information content (AvgIpc) is 4.21. The van der Waals surface area contributed by atoms with Crippen LogP contribution in [-0.4, -0.2) is 84.7 Å². The number of hydrogen-bond donors (Lipinski definition) is 0. The van der Waals surface area contributed by atoms with Crippen LogP contribution in [0.1, 0.15) is 220 Å². The van der Waals surface area contributed by atoms with Crippen LogP contribution in [0.3, 0.4) is 0 Å². The van der Waals surface area contributed by atoms with Crippen molar-refractivity contribution in [3.05, 3.63) is 60.3 Å². The summed E-state index contributed by atoms with van der Waals surface area (Å²) in [6.07, 6.45) is 57.4. The van der Waals surface area contributed by atoms with Gasteiger partial charge >= 0.3 is 28.2 Å². The van der Waals surface area contributed by atoms with Gasteiger partial charge in [-0.15, -0.1) is 0 Å². The van der Waals surface area contributed by atoms with E-state index in [2.05, 4.69) is 125 Å². The first kappa shape index (κ1) is 88.6. The van der Waals surface area contributed by atoms with Crippen LogP contribution in [0.5, 0.6) is 0 Å². The summed E-state index contributed by atoms with van der Waals surface area (Å²) in [5.41, 5.74) is -18.1. The van der Waals surface area contributed by atoms with Crippen molar-refractivity contribution < 1.29 is 114 Å². The highest BCUT2D eigenvalue weighted by molar-refractivity contribution is 8.13. The summed E-state index contributed by atoms with van der Waals surface area (Å²) >= 11 is 0. The zero-order valence-electron chi connectivity index (χ0n) is 51.6. The Kier molecular flexibility index (Phi) is 47.6. The molecule has 17 nitrogen and oxygen atoms in total. The SMILES string of the molecule is CCCCCCCCCCCC[n+]1ccn(CC)c1.CCCCCCCCCCCCn1cc[n+](C)c1.CCCCCCCCCCCCn1cc[n+](C)c1.O=S(=O)([N-]S(=O)(=O)C(F)(F)F)C(F)(F)F.O=S(=O)([O-])C(F)(F)C(F)F.O=S(=O)([O-])C(F)(F)F. The topological polar surface area (TPSA) is 223 Å². The number of aryl methyl sites for hydroxylation is 6. The highest BCUT2D eigenvalue weighted by Gasteiger charge is 2.48. The first-order chi connectivity index (χ1) is 40.7. The fourth-order valence-electron chi connectivity index (χ4n) is 7.69. The van der Waals surface area contributed by atoms with E-state index in [0.29, 0.717) is 0 Å². The molecular weight excluding hydrogens is 1280 g/mol. The molecule has 3 aromatic heterocycles. The summed E-state index contributed by atoms with van der Waals surface area (Å²) in [6.45, 7) is 13.6. The Labute approximate surface area is 514 Å². The number of nitrogens with zero attached hydrogens (tertiary/aromatic N) is 7. The van der Waals surface area contributed by atoms with Crippen LogP contribution in [0.2, 0.25) is 0 Å². The maximum absolute atomic E-state index is 11.4. The molecule has 0 aromatic carbocycles. The molecule has 0 radical (unpaired) electrons. The number of halogens is 13. The van der Waals surface area contributed by atoms with Gasteiger partial charge in [-0.25, -0.2) is 69.9 Å². The quantitative estimate of drug-likeness (QED) is 0.0173. The zero-order chi connectivity index (χ0) is 68.2. The van der Waals surface area contributed by atoms with Crippen LogP contribution >= 0.6 is 0 Å². The number of sulfonamides is 2. The number of rotatable bonds is 38. The summed E-state index contributed by atoms with van der Waals surface area (Å²) in [7, 11) is -21.6. The molecule has 0 bridgehead atoms. The van der Waals surface area contributed by atoms with Crippen molar-refractivity contribution >= 4 is 40.3 Å². The minimum absolute atomic E-state index is 0.778. The van der Waals surface area contributed by atoms with Gasteiger partial charge in [-0.3, -0.25) is 0 Å². The van der Waals surface area contributed by atoms with Gasteiger partial charge in [-0.1, -0.05) is 175 Å². The van der Waals surface area contributed by atoms with Crippen LogP contribution in [-0.2, 0) is 80.6 Å². The van der Waals surface area contributed by atoms with Gasteiger partial charge < -0.3 is 13.2 Å². The normalized spacial score (nSPS) is 12.4. The first-order valence-corrected chi connectivity index (χ1v) is 35.4. The Balaban J connectivity index is -0.00000101. The monoisotopic (exact) mass is 1380 g/mol. The molecule has 0 fully saturated rings. The molecule has 88 heavy (non-hydrogen) atoms. The summed E-state index contributed by atoms with van der Waals surface area (Å²) < 4.78 is 254. The van der Waals surface area contributed by atoms with Crippen LogP contribution in [0.15, 0.2) is 56.2 Å². The Hall–Kier alpha value is -3.60. The maximum atomic E-state index is 11.4. The van der Waals surface area contributed by atoms with Gasteiger partial charge in [-0.2, -0.15) is 48.3 Å². The summed E-state index contributed by atoms with van der Waals surface area (Å²) in [5.74, 6) is 0. The Morgan fingerprint density at radius 3 is 0.875 bits per heavy atom. The molecule has 3 rings (SSSR count). The average molecular weight is 1380 g/mol. The van der Waals surface area contributed by atoms with E-state index < -0.39 is 68.5 Å². The van der Waals surface area contributed by atoms with E-state index in [-0.39, 0.29) is 0 Å². The molecule has 0 N–H and O–H groups in total. The van der Waals surface area contributed by atoms with Crippen LogP contribution in [0.25, 0.3) is 4.13 Å². The molecule has 0 aliphatic rings. The first-order valence-electron chi connectivity index (χ1n) is 29.7. The second-order valence-electron chi connectivity index (χ2n) is 20.8. The lowest BCUT2D eigenvalue weighted by molar-refractivity contribution is -0.696. The summed E-state index contributed by atoms with van der Waals surface area (Å²) in [6, 6.07) is 0. The Morgan fingerprint density at radius 2 is 0.670 bits per heavy atom. The van der Waals surface area contributed by atoms with E-state index >= 15 is 0 Å². The van der Waals surface area contributed by atoms with Gasteiger partial charge in [-0.05, 0) is 45.4 Å². The standard InChI is InChI=1S/C17H33N2.2C16H31N2.C2F6NO4S2.C2H2F4O3S.CHF3O3S/c1-3-5-6-7-8-9-10-11-12-13-14-19-16-15-18(4-2)17-19;2*1-3-4-5-6-7-8-9-10-11-12-13-18-15-14-17(2)16-18;3-1(4,5)14(10,11)9-15(12,13)2(6,7)8;3-1(4)2(5,6)10(7,8)9;2-1(3,4)8(5,6)7/h15-17H,3-14H2,1-2H3;2*14-16H,3-13H2,1-2H3;;1H,(H,7,8,9);(H,5,6,7)/q3*+1;-1;;/p-2. The molecular formula is C54H96F13N7O10S4. The van der Waals surface area contributed by atoms with E-state index in [1.54, 1.807) is 0 Å². The van der Waals surface area contributed by atoms with Gasteiger partial charge in [0.1, 0.15) is 37.2 Å². The third-order valence-corrected chi connectivity index (χ3v) is 16.9. The molecule has 34 heteroatoms. The lowest BCUT2D eigenvalue weighted by atomic mass is 10.1. The number of hydrogen-bond acceptors (Lipinski definition) is 10. The summed E-state index contributed by atoms with van der Waals surface area (Å²) in [5, 5.41) is -5.48. The Bertz CT molecular complexity index is 2550. The Morgan fingerprint density at radius 1 is 0.398 bits per heavy atom. The van der Waals surface area contributed by atoms with E-state index in [0.717, 1.165) is 10.7 Å². The second kappa shape index (κ2) is 47.3. The number of unbranched alkanes of at least 4 members (excludes halogenated alkanes) is 27. The molecule has 3 aromatic rings. The largest absolute Gasteiger partial charge is 0.743 e. The van der Waals surface area contributed by atoms with Crippen molar-refractivity contribution in [3.8, 4) is 0 Å². The number of imidazole rings is 3. The number of aromatic nitrogens is 6. The van der Waals surface area contributed by atoms with Gasteiger partial charge in [0.25, 0.3) is 0 Å². The molecule has 3 heterocycles. The van der Waals surface area contributed by atoms with Gasteiger partial charge in [0.05, 0.1) is 40.3 Å². The zero-order valence-corrected chi connectivity index (χ0v) is 54.8. The lowest BCUT2D eigenvalue weighted by Gasteiger charge is -2.22. The molecule has 0 saturated heterocycles. The van der Waals surface area contributed by atoms with E-state index in [1.807, 2.05) is 0 Å². The van der Waals surface area contributed by atoms with Crippen molar-refractivity contribution in [1.82, 2.24) is 13.7 Å². The highest BCUT2D eigenvalue weighted by Crippen LogP contribution is 2.36. The smallest absolute Gasteiger partial charge is 0.485 e. The van der Waals surface area contributed by atoms with E-state index in [9.17, 15) is 86.9 Å². The predicted molar refractivity (Wildman–Crippen MR) is 307 cm³/mol. The maximum Gasteiger partial charge on any atom is 0.485 e. The molecule has 0 saturated carbocycles. The molecule has 0 spiro atoms. The molecule has 0 atom stereocenters. The third-order valence-electron chi connectivity index (χ3n) is 12.7. The second-order valence-corrected chi connectivity index (χ2v) is 27.0. The van der Waals surface area contributed by atoms with Crippen molar-refractivity contribution in [2.24, 2.45) is 14.1 Å². The summed E-state index contributed by atoms with van der Waals surface area (Å²) in [4.78, 5) is 0. The van der Waals surface area contributed by atoms with E-state index in [4.69, 9.17) is 13.0 Å². The van der Waals surface area contributed by atoms with Crippen molar-refractivity contribution in [2.45, 2.75) is 275 Å². The van der Waals surface area contributed by atoms with Gasteiger partial charge in [0.15, 0.2) is 40.3 Å². The third kappa shape index (κ3) is 45.6. The molecule has 0 amide bonds. The fourth-order valence-corrected chi connectivity index (χ4v) is 9.62. The predicted octanol–water partition coefficient (Wildman–Crippen LogP) is 14.7. The van der Waals surface area contributed by atoms with Gasteiger partial charge in [0, 0.05) is 0 Å². The minimum atomic E-state index is -6.72. The highest BCUT2D eigenvalue weighted by atomic mass is 32.3. The molecule has 0 aliphatic heterocycles. The van der Waals surface area contributed by atoms with Crippen molar-refractivity contribution in [1.29, 1.82) is 0 Å². The van der Waals surface area contributed by atoms with Gasteiger partial charge in [0.2, 0.25) is 19.0 Å². The molecule has 522 valence electrons. The van der Waals surface area contributed by atoms with Crippen LogP contribution < -0.4 is 13.7 Å². The van der Waals surface area contributed by atoms with Crippen molar-refractivity contribution in [2.75, 3.05) is 0 Å². The minimum Gasteiger partial charge on any atom is -0.743 e. The fraction of sp³-hybridized carbons (Fsp3) is 0.833. The molecule has 0 unspecified atom stereocenters. The number of alkyl halides is 13. The van der Waals surface area contributed by atoms with Crippen molar-refractivity contribution in [3.63, 3.8) is 0 Å². The van der Waals surface area contributed by atoms with E-state index in [1.165, 1.54) is 212 Å².